The third-order valence-electron chi connectivity index (χ3n) is 4.98. The molecule has 0 unspecified atom stereocenters. The molecule has 0 saturated carbocycles. The summed E-state index contributed by atoms with van der Waals surface area (Å²) in [6.45, 7) is 7.99. The number of methoxy groups -OCH3 is 1. The van der Waals surface area contributed by atoms with E-state index in [0.717, 1.165) is 55.7 Å². The van der Waals surface area contributed by atoms with Crippen molar-refractivity contribution in [1.82, 2.24) is 15.5 Å². The molecule has 170 valence electrons. The first-order chi connectivity index (χ1) is 14.7. The van der Waals surface area contributed by atoms with E-state index in [-0.39, 0.29) is 29.9 Å². The monoisotopic (exact) mass is 557 g/mol. The summed E-state index contributed by atoms with van der Waals surface area (Å²) >= 11 is 1.46. The standard InChI is InChI=1S/C22H31N5O2S.HI/c1-3-23-22(25-12-5-11-24-21(28)20-6-4-17-30-20)27-15-13-26(14-16-27)18-7-9-19(29-2)10-8-18;/h4,6-10,17H,3,5,11-16H2,1-2H3,(H,23,25)(H,24,28);1H. The molecule has 1 saturated heterocycles. The molecule has 0 radical (unpaired) electrons. The molecule has 2 aromatic rings. The van der Waals surface area contributed by atoms with Gasteiger partial charge in [0, 0.05) is 51.5 Å². The van der Waals surface area contributed by atoms with Crippen molar-refractivity contribution in [1.29, 1.82) is 0 Å². The van der Waals surface area contributed by atoms with E-state index < -0.39 is 0 Å². The van der Waals surface area contributed by atoms with Gasteiger partial charge in [0.15, 0.2) is 5.96 Å². The fraction of sp³-hybridized carbons (Fsp3) is 0.455. The van der Waals surface area contributed by atoms with Crippen LogP contribution in [0.15, 0.2) is 46.8 Å². The summed E-state index contributed by atoms with van der Waals surface area (Å²) in [5.41, 5.74) is 1.22. The topological polar surface area (TPSA) is 69.2 Å². The number of anilines is 1. The summed E-state index contributed by atoms with van der Waals surface area (Å²) in [6.07, 6.45) is 0.817. The Morgan fingerprint density at radius 3 is 2.48 bits per heavy atom. The number of nitrogens with zero attached hydrogens (tertiary/aromatic N) is 3. The summed E-state index contributed by atoms with van der Waals surface area (Å²) < 4.78 is 5.25. The minimum Gasteiger partial charge on any atom is -0.497 e. The molecule has 7 nitrogen and oxygen atoms in total. The highest BCUT2D eigenvalue weighted by Crippen LogP contribution is 2.20. The van der Waals surface area contributed by atoms with Crippen LogP contribution in [0.3, 0.4) is 0 Å². The Bertz CT molecular complexity index is 806. The van der Waals surface area contributed by atoms with E-state index in [9.17, 15) is 4.79 Å². The second kappa shape index (κ2) is 13.4. The van der Waals surface area contributed by atoms with E-state index in [0.29, 0.717) is 13.1 Å². The van der Waals surface area contributed by atoms with Crippen molar-refractivity contribution in [3.05, 3.63) is 46.7 Å². The number of benzene rings is 1. The molecule has 2 N–H and O–H groups in total. The smallest absolute Gasteiger partial charge is 0.261 e. The number of carbonyl (C=O) groups excluding carboxylic acids is 1. The summed E-state index contributed by atoms with van der Waals surface area (Å²) in [5, 5.41) is 8.27. The van der Waals surface area contributed by atoms with Gasteiger partial charge in [-0.25, -0.2) is 0 Å². The first-order valence-electron chi connectivity index (χ1n) is 10.4. The first kappa shape index (κ1) is 25.3. The van der Waals surface area contributed by atoms with Gasteiger partial charge in [-0.3, -0.25) is 9.79 Å². The largest absolute Gasteiger partial charge is 0.497 e. The van der Waals surface area contributed by atoms with E-state index in [1.807, 2.05) is 29.6 Å². The molecule has 1 fully saturated rings. The summed E-state index contributed by atoms with van der Waals surface area (Å²) in [5.74, 6) is 1.83. The molecule has 1 aromatic heterocycles. The predicted molar refractivity (Wildman–Crippen MR) is 139 cm³/mol. The van der Waals surface area contributed by atoms with Crippen LogP contribution < -0.4 is 20.3 Å². The van der Waals surface area contributed by atoms with Gasteiger partial charge < -0.3 is 25.2 Å². The van der Waals surface area contributed by atoms with Gasteiger partial charge in [0.05, 0.1) is 12.0 Å². The number of piperazine rings is 1. The van der Waals surface area contributed by atoms with Gasteiger partial charge >= 0.3 is 0 Å². The van der Waals surface area contributed by atoms with E-state index in [1.54, 1.807) is 7.11 Å². The number of carbonyl (C=O) groups is 1. The maximum Gasteiger partial charge on any atom is 0.261 e. The van der Waals surface area contributed by atoms with E-state index in [4.69, 9.17) is 9.73 Å². The van der Waals surface area contributed by atoms with Crippen molar-refractivity contribution >= 4 is 52.9 Å². The number of halogens is 1. The van der Waals surface area contributed by atoms with Gasteiger partial charge in [0.25, 0.3) is 5.91 Å². The molecule has 0 aliphatic carbocycles. The SMILES string of the molecule is CCNC(=NCCCNC(=O)c1cccs1)N1CCN(c2ccc(OC)cc2)CC1.I. The summed E-state index contributed by atoms with van der Waals surface area (Å²) in [6, 6.07) is 12.0. The number of guanidine groups is 1. The molecule has 2 heterocycles. The average Bonchev–Trinajstić information content (AvgIpc) is 3.33. The lowest BCUT2D eigenvalue weighted by Gasteiger charge is -2.37. The highest BCUT2D eigenvalue weighted by atomic mass is 127. The van der Waals surface area contributed by atoms with E-state index in [2.05, 4.69) is 39.5 Å². The second-order valence-corrected chi connectivity index (χ2v) is 7.94. The van der Waals surface area contributed by atoms with Gasteiger partial charge in [-0.05, 0) is 49.1 Å². The van der Waals surface area contributed by atoms with Crippen molar-refractivity contribution in [2.75, 3.05) is 57.8 Å². The Hall–Kier alpha value is -2.01. The molecule has 0 bridgehead atoms. The lowest BCUT2D eigenvalue weighted by atomic mass is 10.2. The van der Waals surface area contributed by atoms with Crippen LogP contribution in [0.25, 0.3) is 0 Å². The maximum absolute atomic E-state index is 12.0. The highest BCUT2D eigenvalue weighted by molar-refractivity contribution is 14.0. The number of rotatable bonds is 8. The Kier molecular flexibility index (Phi) is 10.9. The van der Waals surface area contributed by atoms with Crippen molar-refractivity contribution in [2.45, 2.75) is 13.3 Å². The normalized spacial score (nSPS) is 14.1. The molecular weight excluding hydrogens is 525 g/mol. The van der Waals surface area contributed by atoms with Crippen molar-refractivity contribution < 1.29 is 9.53 Å². The third-order valence-corrected chi connectivity index (χ3v) is 5.85. The molecule has 31 heavy (non-hydrogen) atoms. The molecule has 0 atom stereocenters. The number of nitrogens with one attached hydrogen (secondary N) is 2. The zero-order valence-electron chi connectivity index (χ0n) is 18.2. The molecular formula is C22H32IN5O2S. The Balaban J connectivity index is 0.00000341. The van der Waals surface area contributed by atoms with Gasteiger partial charge in [-0.1, -0.05) is 6.07 Å². The molecule has 9 heteroatoms. The number of thiophene rings is 1. The predicted octanol–water partition coefficient (Wildman–Crippen LogP) is 3.28. The van der Waals surface area contributed by atoms with Crippen LogP contribution in [0.1, 0.15) is 23.0 Å². The second-order valence-electron chi connectivity index (χ2n) is 6.99. The fourth-order valence-corrected chi connectivity index (χ4v) is 4.00. The number of aliphatic imine (C=N–C) groups is 1. The van der Waals surface area contributed by atoms with Crippen LogP contribution in [-0.2, 0) is 0 Å². The lowest BCUT2D eigenvalue weighted by Crippen LogP contribution is -2.52. The lowest BCUT2D eigenvalue weighted by molar-refractivity contribution is 0.0957. The van der Waals surface area contributed by atoms with Crippen molar-refractivity contribution in [3.8, 4) is 5.75 Å². The highest BCUT2D eigenvalue weighted by Gasteiger charge is 2.19. The number of ether oxygens (including phenoxy) is 1. The molecule has 3 rings (SSSR count). The minimum atomic E-state index is -0.00413. The van der Waals surface area contributed by atoms with E-state index in [1.165, 1.54) is 17.0 Å². The van der Waals surface area contributed by atoms with E-state index >= 15 is 0 Å². The van der Waals surface area contributed by atoms with Crippen LogP contribution in [0.2, 0.25) is 0 Å². The first-order valence-corrected chi connectivity index (χ1v) is 11.3. The van der Waals surface area contributed by atoms with Crippen LogP contribution in [0, 0.1) is 0 Å². The Morgan fingerprint density at radius 2 is 1.87 bits per heavy atom. The zero-order valence-corrected chi connectivity index (χ0v) is 21.3. The van der Waals surface area contributed by atoms with Crippen LogP contribution >= 0.6 is 35.3 Å². The third kappa shape index (κ3) is 7.57. The summed E-state index contributed by atoms with van der Waals surface area (Å²) in [4.78, 5) is 22.2. The van der Waals surface area contributed by atoms with Gasteiger partial charge in [-0.15, -0.1) is 35.3 Å². The summed E-state index contributed by atoms with van der Waals surface area (Å²) in [7, 11) is 1.69. The van der Waals surface area contributed by atoms with Crippen molar-refractivity contribution in [2.24, 2.45) is 4.99 Å². The fourth-order valence-electron chi connectivity index (χ4n) is 3.36. The van der Waals surface area contributed by atoms with Gasteiger partial charge in [-0.2, -0.15) is 0 Å². The molecule has 1 aliphatic heterocycles. The molecule has 1 aromatic carbocycles. The number of hydrogen-bond donors (Lipinski definition) is 2. The Morgan fingerprint density at radius 1 is 1.13 bits per heavy atom. The average molecular weight is 558 g/mol. The molecule has 1 amide bonds. The van der Waals surface area contributed by atoms with Crippen LogP contribution in [-0.4, -0.2) is 69.7 Å². The van der Waals surface area contributed by atoms with Gasteiger partial charge in [0.1, 0.15) is 5.75 Å². The Labute approximate surface area is 205 Å². The number of hydrogen-bond acceptors (Lipinski definition) is 5. The van der Waals surface area contributed by atoms with Crippen LogP contribution in [0.5, 0.6) is 5.75 Å². The quantitative estimate of drug-likeness (QED) is 0.226. The molecule has 1 aliphatic rings. The minimum absolute atomic E-state index is 0. The van der Waals surface area contributed by atoms with Crippen molar-refractivity contribution in [3.63, 3.8) is 0 Å². The van der Waals surface area contributed by atoms with Crippen LogP contribution in [0.4, 0.5) is 5.69 Å². The maximum atomic E-state index is 12.0. The number of amides is 1. The zero-order chi connectivity index (χ0) is 21.2. The van der Waals surface area contributed by atoms with Gasteiger partial charge in [0.2, 0.25) is 0 Å². The molecule has 0 spiro atoms.